The lowest BCUT2D eigenvalue weighted by Crippen LogP contribution is -2.71. The highest BCUT2D eigenvalue weighted by molar-refractivity contribution is 6.06. The Balaban J connectivity index is 2.51. The van der Waals surface area contributed by atoms with Crippen LogP contribution >= 0.6 is 0 Å². The fourth-order valence-electron chi connectivity index (χ4n) is 3.47. The molecule has 2 fully saturated rings. The number of carbonyl (C=O) groups is 4. The smallest absolute Gasteiger partial charge is 0.326 e. The molecule has 2 heterocycles. The summed E-state index contributed by atoms with van der Waals surface area (Å²) in [5.74, 6) is -0.801. The van der Waals surface area contributed by atoms with E-state index in [2.05, 4.69) is 0 Å². The lowest BCUT2D eigenvalue weighted by Gasteiger charge is -2.53. The van der Waals surface area contributed by atoms with Gasteiger partial charge in [-0.3, -0.25) is 19.4 Å². The molecule has 8 nitrogen and oxygen atoms in total. The van der Waals surface area contributed by atoms with Gasteiger partial charge in [-0.15, -0.1) is 0 Å². The van der Waals surface area contributed by atoms with E-state index in [4.69, 9.17) is 0 Å². The van der Waals surface area contributed by atoms with E-state index in [1.54, 1.807) is 27.9 Å². The van der Waals surface area contributed by atoms with Crippen molar-refractivity contribution in [3.05, 3.63) is 0 Å². The molecule has 0 bridgehead atoms. The molecule has 0 spiro atoms. The third-order valence-corrected chi connectivity index (χ3v) is 5.10. The van der Waals surface area contributed by atoms with Crippen LogP contribution in [0.15, 0.2) is 0 Å². The van der Waals surface area contributed by atoms with Crippen molar-refractivity contribution >= 4 is 23.9 Å². The molecule has 8 heteroatoms. The second-order valence-corrected chi connectivity index (χ2v) is 6.67. The molecule has 2 aliphatic heterocycles. The molecule has 2 atom stereocenters. The van der Waals surface area contributed by atoms with Gasteiger partial charge in [-0.2, -0.15) is 0 Å². The van der Waals surface area contributed by atoms with Crippen molar-refractivity contribution in [2.24, 2.45) is 10.8 Å². The maximum atomic E-state index is 12.8. The zero-order valence-electron chi connectivity index (χ0n) is 13.8. The first-order chi connectivity index (χ1) is 9.97. The van der Waals surface area contributed by atoms with Crippen LogP contribution in [0.2, 0.25) is 0 Å². The van der Waals surface area contributed by atoms with Gasteiger partial charge in [0.15, 0.2) is 0 Å². The largest absolute Gasteiger partial charge is 0.326 e. The second kappa shape index (κ2) is 4.69. The molecule has 122 valence electrons. The van der Waals surface area contributed by atoms with Gasteiger partial charge < -0.3 is 9.80 Å². The van der Waals surface area contributed by atoms with Gasteiger partial charge in [0.2, 0.25) is 11.8 Å². The number of carbonyl (C=O) groups excluding carboxylic acids is 4. The first kappa shape index (κ1) is 16.3. The van der Waals surface area contributed by atoms with Gasteiger partial charge in [-0.05, 0) is 13.8 Å². The van der Waals surface area contributed by atoms with Gasteiger partial charge in [-0.25, -0.2) is 9.59 Å². The maximum Gasteiger partial charge on any atom is 0.326 e. The molecule has 6 amide bonds. The number of imide groups is 2. The van der Waals surface area contributed by atoms with Gasteiger partial charge in [0.25, 0.3) is 0 Å². The number of rotatable bonds is 1. The Labute approximate surface area is 129 Å². The highest BCUT2D eigenvalue weighted by atomic mass is 16.2. The molecule has 2 aliphatic rings. The normalized spacial score (nSPS) is 33.9. The molecular formula is C14H22N4O4. The van der Waals surface area contributed by atoms with Crippen molar-refractivity contribution in [1.29, 1.82) is 0 Å². The highest BCUT2D eigenvalue weighted by Gasteiger charge is 2.62. The van der Waals surface area contributed by atoms with Crippen molar-refractivity contribution in [1.82, 2.24) is 19.6 Å². The molecule has 22 heavy (non-hydrogen) atoms. The number of amides is 6. The van der Waals surface area contributed by atoms with E-state index in [-0.39, 0.29) is 13.1 Å². The predicted octanol–water partition coefficient (Wildman–Crippen LogP) is 0.0466. The first-order valence-corrected chi connectivity index (χ1v) is 7.04. The summed E-state index contributed by atoms with van der Waals surface area (Å²) in [7, 11) is 6.01. The number of hydrogen-bond acceptors (Lipinski definition) is 4. The summed E-state index contributed by atoms with van der Waals surface area (Å²) in [4.78, 5) is 54.3. The topological polar surface area (TPSA) is 81.2 Å². The van der Waals surface area contributed by atoms with Crippen molar-refractivity contribution in [3.63, 3.8) is 0 Å². The number of nitrogens with zero attached hydrogens (tertiary/aromatic N) is 4. The Hall–Kier alpha value is -2.12. The van der Waals surface area contributed by atoms with E-state index < -0.39 is 34.7 Å². The summed E-state index contributed by atoms with van der Waals surface area (Å²) in [5.41, 5.74) is -2.21. The van der Waals surface area contributed by atoms with Crippen LogP contribution in [0.5, 0.6) is 0 Å². The van der Waals surface area contributed by atoms with E-state index in [9.17, 15) is 19.2 Å². The standard InChI is InChI=1S/C14H22N4O4/c1-13(7-15(3)11(21)17(5)9(13)19)14(2)8-16(4)12(22)18(6)10(14)20/h7-8H2,1-6H3/t13-,14-/m1/s1. The monoisotopic (exact) mass is 310 g/mol. The molecule has 0 radical (unpaired) electrons. The summed E-state index contributed by atoms with van der Waals surface area (Å²) >= 11 is 0. The Morgan fingerprint density at radius 3 is 1.23 bits per heavy atom. The molecule has 0 saturated carbocycles. The van der Waals surface area contributed by atoms with E-state index >= 15 is 0 Å². The minimum Gasteiger partial charge on any atom is -0.326 e. The van der Waals surface area contributed by atoms with Crippen molar-refractivity contribution in [3.8, 4) is 0 Å². The van der Waals surface area contributed by atoms with Gasteiger partial charge in [0.05, 0.1) is 10.8 Å². The summed E-state index contributed by atoms with van der Waals surface area (Å²) in [6.45, 7) is 3.63. The van der Waals surface area contributed by atoms with Gasteiger partial charge in [0.1, 0.15) is 0 Å². The Kier molecular flexibility index (Phi) is 3.46. The molecule has 2 rings (SSSR count). The van der Waals surface area contributed by atoms with E-state index in [1.807, 2.05) is 0 Å². The fraction of sp³-hybridized carbons (Fsp3) is 0.714. The zero-order chi connectivity index (χ0) is 17.0. The van der Waals surface area contributed by atoms with Crippen LogP contribution < -0.4 is 0 Å². The van der Waals surface area contributed by atoms with Crippen LogP contribution in [-0.2, 0) is 9.59 Å². The average Bonchev–Trinajstić information content (AvgIpc) is 2.46. The molecule has 0 aromatic heterocycles. The molecule has 0 aromatic carbocycles. The lowest BCUT2D eigenvalue weighted by molar-refractivity contribution is -0.166. The van der Waals surface area contributed by atoms with Crippen LogP contribution in [0.4, 0.5) is 9.59 Å². The van der Waals surface area contributed by atoms with E-state index in [0.717, 1.165) is 9.80 Å². The van der Waals surface area contributed by atoms with Crippen LogP contribution in [0.25, 0.3) is 0 Å². The summed E-state index contributed by atoms with van der Waals surface area (Å²) < 4.78 is 0. The van der Waals surface area contributed by atoms with Crippen LogP contribution in [0.3, 0.4) is 0 Å². The molecule has 0 aliphatic carbocycles. The van der Waals surface area contributed by atoms with Crippen LogP contribution in [0.1, 0.15) is 13.8 Å². The minimum atomic E-state index is -1.11. The van der Waals surface area contributed by atoms with E-state index in [1.165, 1.54) is 23.9 Å². The number of hydrogen-bond donors (Lipinski definition) is 0. The quantitative estimate of drug-likeness (QED) is 0.685. The third-order valence-electron chi connectivity index (χ3n) is 5.10. The van der Waals surface area contributed by atoms with Crippen molar-refractivity contribution < 1.29 is 19.2 Å². The maximum absolute atomic E-state index is 12.8. The van der Waals surface area contributed by atoms with Crippen LogP contribution in [-0.4, -0.2) is 84.8 Å². The Morgan fingerprint density at radius 2 is 0.955 bits per heavy atom. The van der Waals surface area contributed by atoms with E-state index in [0.29, 0.717) is 0 Å². The molecule has 0 N–H and O–H groups in total. The third kappa shape index (κ3) is 1.82. The zero-order valence-corrected chi connectivity index (χ0v) is 13.8. The summed E-state index contributed by atoms with van der Waals surface area (Å²) in [6, 6.07) is -0.792. The van der Waals surface area contributed by atoms with Crippen molar-refractivity contribution in [2.45, 2.75) is 13.8 Å². The average molecular weight is 310 g/mol. The van der Waals surface area contributed by atoms with Gasteiger partial charge in [-0.1, -0.05) is 0 Å². The highest BCUT2D eigenvalue weighted by Crippen LogP contribution is 2.46. The van der Waals surface area contributed by atoms with Gasteiger partial charge in [0, 0.05) is 41.3 Å². The predicted molar refractivity (Wildman–Crippen MR) is 77.8 cm³/mol. The Bertz CT molecular complexity index is 527. The van der Waals surface area contributed by atoms with Crippen molar-refractivity contribution in [2.75, 3.05) is 41.3 Å². The summed E-state index contributed by atoms with van der Waals surface area (Å²) in [5, 5.41) is 0. The summed E-state index contributed by atoms with van der Waals surface area (Å²) in [6.07, 6.45) is 0. The number of urea groups is 2. The minimum absolute atomic E-state index is 0.132. The molecule has 0 aromatic rings. The van der Waals surface area contributed by atoms with Crippen LogP contribution in [0, 0.1) is 10.8 Å². The Morgan fingerprint density at radius 1 is 0.682 bits per heavy atom. The SMILES string of the molecule is CN1C[C@@](C)([C@]2(C)CN(C)C(=O)N(C)C2=O)C(=O)N(C)C1=O. The first-order valence-electron chi connectivity index (χ1n) is 7.04. The second-order valence-electron chi connectivity index (χ2n) is 6.67. The molecule has 0 unspecified atom stereocenters. The fourth-order valence-corrected chi connectivity index (χ4v) is 3.47. The molecule has 2 saturated heterocycles. The lowest BCUT2D eigenvalue weighted by atomic mass is 9.61. The molecular weight excluding hydrogens is 288 g/mol. The van der Waals surface area contributed by atoms with Gasteiger partial charge >= 0.3 is 12.1 Å².